The molecule has 0 fully saturated rings. The van der Waals surface area contributed by atoms with Crippen molar-refractivity contribution in [2.24, 2.45) is 0 Å². The molecule has 0 unspecified atom stereocenters. The van der Waals surface area contributed by atoms with Crippen LogP contribution in [0.4, 0.5) is 0 Å². The molecule has 3 rings (SSSR count). The second-order valence-electron chi connectivity index (χ2n) is 6.63. The Labute approximate surface area is 172 Å². The molecule has 0 saturated heterocycles. The Morgan fingerprint density at radius 2 is 1.69 bits per heavy atom. The molecule has 29 heavy (non-hydrogen) atoms. The third-order valence-corrected chi connectivity index (χ3v) is 4.60. The minimum absolute atomic E-state index is 0.201. The van der Waals surface area contributed by atoms with Crippen LogP contribution in [0.3, 0.4) is 0 Å². The van der Waals surface area contributed by atoms with Crippen LogP contribution in [0, 0.1) is 0 Å². The van der Waals surface area contributed by atoms with Crippen LogP contribution < -0.4 is 9.47 Å². The Bertz CT molecular complexity index is 935. The molecule has 0 atom stereocenters. The van der Waals surface area contributed by atoms with Crippen molar-refractivity contribution in [3.63, 3.8) is 0 Å². The van der Waals surface area contributed by atoms with Crippen molar-refractivity contribution >= 4 is 5.97 Å². The molecule has 150 valence electrons. The van der Waals surface area contributed by atoms with E-state index in [1.54, 1.807) is 14.0 Å². The normalized spacial score (nSPS) is 10.4. The van der Waals surface area contributed by atoms with Crippen LogP contribution in [0.15, 0.2) is 72.8 Å². The van der Waals surface area contributed by atoms with Crippen molar-refractivity contribution < 1.29 is 19.0 Å². The molecule has 0 amide bonds. The molecule has 3 aromatic carbocycles. The molecule has 0 saturated carbocycles. The molecule has 0 aliphatic rings. The van der Waals surface area contributed by atoms with E-state index in [1.165, 1.54) is 11.1 Å². The number of aryl methyl sites for hydroxylation is 1. The van der Waals surface area contributed by atoms with Gasteiger partial charge >= 0.3 is 5.97 Å². The molecule has 0 N–H and O–H groups in total. The first-order valence-corrected chi connectivity index (χ1v) is 9.79. The van der Waals surface area contributed by atoms with Crippen LogP contribution in [0.2, 0.25) is 0 Å². The van der Waals surface area contributed by atoms with Crippen molar-refractivity contribution in [1.82, 2.24) is 0 Å². The lowest BCUT2D eigenvalue weighted by atomic mass is 10.0. The second kappa shape index (κ2) is 10.3. The third kappa shape index (κ3) is 5.85. The van der Waals surface area contributed by atoms with Gasteiger partial charge in [-0.15, -0.1) is 0 Å². The Hall–Kier alpha value is -3.27. The van der Waals surface area contributed by atoms with Gasteiger partial charge in [0.2, 0.25) is 0 Å². The lowest BCUT2D eigenvalue weighted by molar-refractivity contribution is -0.143. The smallest absolute Gasteiger partial charge is 0.306 e. The summed E-state index contributed by atoms with van der Waals surface area (Å²) in [5.74, 6) is 1.24. The predicted octanol–water partition coefficient (Wildman–Crippen LogP) is 5.44. The van der Waals surface area contributed by atoms with Crippen molar-refractivity contribution in [1.29, 1.82) is 0 Å². The topological polar surface area (TPSA) is 44.8 Å². The molecular formula is C25H26O4. The molecular weight excluding hydrogens is 364 g/mol. The molecule has 3 aromatic rings. The SMILES string of the molecule is CCOC(=O)CCc1ccc(OCc2cccc(-c3ccccc3)c2)cc1OC. The minimum Gasteiger partial charge on any atom is -0.496 e. The standard InChI is InChI=1S/C25H26O4/c1-3-28-25(26)15-13-21-12-14-23(17-24(21)27-2)29-18-19-8-7-11-22(16-19)20-9-5-4-6-10-20/h4-12,14,16-17H,3,13,15,18H2,1-2H3. The van der Waals surface area contributed by atoms with Gasteiger partial charge in [-0.05, 0) is 47.7 Å². The van der Waals surface area contributed by atoms with Crippen LogP contribution in [0.5, 0.6) is 11.5 Å². The van der Waals surface area contributed by atoms with Gasteiger partial charge in [0.05, 0.1) is 13.7 Å². The van der Waals surface area contributed by atoms with E-state index in [-0.39, 0.29) is 5.97 Å². The number of hydrogen-bond acceptors (Lipinski definition) is 4. The first-order chi connectivity index (χ1) is 14.2. The number of methoxy groups -OCH3 is 1. The average molecular weight is 390 g/mol. The Kier molecular flexibility index (Phi) is 7.28. The third-order valence-electron chi connectivity index (χ3n) is 4.60. The molecule has 0 aromatic heterocycles. The Balaban J connectivity index is 1.64. The predicted molar refractivity (Wildman–Crippen MR) is 114 cm³/mol. The van der Waals surface area contributed by atoms with E-state index in [1.807, 2.05) is 42.5 Å². The zero-order valence-corrected chi connectivity index (χ0v) is 16.9. The van der Waals surface area contributed by atoms with Crippen LogP contribution in [0.1, 0.15) is 24.5 Å². The first-order valence-electron chi connectivity index (χ1n) is 9.79. The number of rotatable bonds is 9. The number of esters is 1. The zero-order chi connectivity index (χ0) is 20.5. The summed E-state index contributed by atoms with van der Waals surface area (Å²) in [6.45, 7) is 2.67. The summed E-state index contributed by atoms with van der Waals surface area (Å²) in [4.78, 5) is 11.6. The van der Waals surface area contributed by atoms with Gasteiger partial charge in [0.25, 0.3) is 0 Å². The summed E-state index contributed by atoms with van der Waals surface area (Å²) in [6.07, 6.45) is 0.901. The van der Waals surface area contributed by atoms with Gasteiger partial charge in [-0.1, -0.05) is 54.6 Å². The van der Waals surface area contributed by atoms with E-state index in [2.05, 4.69) is 30.3 Å². The number of benzene rings is 3. The zero-order valence-electron chi connectivity index (χ0n) is 16.9. The van der Waals surface area contributed by atoms with E-state index < -0.39 is 0 Å². The largest absolute Gasteiger partial charge is 0.496 e. The van der Waals surface area contributed by atoms with E-state index in [0.717, 1.165) is 16.9 Å². The average Bonchev–Trinajstić information content (AvgIpc) is 2.77. The van der Waals surface area contributed by atoms with Gasteiger partial charge in [-0.2, -0.15) is 0 Å². The van der Waals surface area contributed by atoms with Gasteiger partial charge in [0.15, 0.2) is 0 Å². The Morgan fingerprint density at radius 3 is 2.45 bits per heavy atom. The van der Waals surface area contributed by atoms with Crippen LogP contribution in [0.25, 0.3) is 11.1 Å². The molecule has 0 aliphatic carbocycles. The maximum absolute atomic E-state index is 11.6. The summed E-state index contributed by atoms with van der Waals surface area (Å²) in [7, 11) is 1.62. The molecule has 0 radical (unpaired) electrons. The van der Waals surface area contributed by atoms with E-state index in [0.29, 0.717) is 31.8 Å². The lowest BCUT2D eigenvalue weighted by Crippen LogP contribution is -2.06. The summed E-state index contributed by atoms with van der Waals surface area (Å²) in [5, 5.41) is 0. The second-order valence-corrected chi connectivity index (χ2v) is 6.63. The summed E-state index contributed by atoms with van der Waals surface area (Å²) >= 11 is 0. The monoisotopic (exact) mass is 390 g/mol. The van der Waals surface area contributed by atoms with Gasteiger partial charge in [0.1, 0.15) is 18.1 Å². The highest BCUT2D eigenvalue weighted by atomic mass is 16.5. The van der Waals surface area contributed by atoms with Gasteiger partial charge in [-0.3, -0.25) is 4.79 Å². The van der Waals surface area contributed by atoms with E-state index >= 15 is 0 Å². The van der Waals surface area contributed by atoms with Crippen molar-refractivity contribution in [3.05, 3.63) is 83.9 Å². The maximum atomic E-state index is 11.6. The fourth-order valence-electron chi connectivity index (χ4n) is 3.13. The first kappa shape index (κ1) is 20.5. The van der Waals surface area contributed by atoms with Crippen LogP contribution >= 0.6 is 0 Å². The maximum Gasteiger partial charge on any atom is 0.306 e. The number of hydrogen-bond donors (Lipinski definition) is 0. The lowest BCUT2D eigenvalue weighted by Gasteiger charge is -2.12. The summed E-state index contributed by atoms with van der Waals surface area (Å²) < 4.78 is 16.4. The minimum atomic E-state index is -0.201. The van der Waals surface area contributed by atoms with Gasteiger partial charge < -0.3 is 14.2 Å². The highest BCUT2D eigenvalue weighted by Crippen LogP contribution is 2.27. The fourth-order valence-corrected chi connectivity index (χ4v) is 3.13. The molecule has 0 aliphatic heterocycles. The number of carbonyl (C=O) groups is 1. The molecule has 0 heterocycles. The van der Waals surface area contributed by atoms with Crippen LogP contribution in [-0.2, 0) is 22.6 Å². The fraction of sp³-hybridized carbons (Fsp3) is 0.240. The van der Waals surface area contributed by atoms with Crippen molar-refractivity contribution in [2.75, 3.05) is 13.7 Å². The molecule has 0 spiro atoms. The summed E-state index contributed by atoms with van der Waals surface area (Å²) in [6, 6.07) is 24.3. The quantitative estimate of drug-likeness (QED) is 0.457. The summed E-state index contributed by atoms with van der Waals surface area (Å²) in [5.41, 5.74) is 4.40. The Morgan fingerprint density at radius 1 is 0.897 bits per heavy atom. The number of carbonyl (C=O) groups excluding carboxylic acids is 1. The van der Waals surface area contributed by atoms with E-state index in [9.17, 15) is 4.79 Å². The molecule has 0 bridgehead atoms. The molecule has 4 nitrogen and oxygen atoms in total. The molecule has 4 heteroatoms. The van der Waals surface area contributed by atoms with E-state index in [4.69, 9.17) is 14.2 Å². The number of ether oxygens (including phenoxy) is 3. The van der Waals surface area contributed by atoms with Crippen molar-refractivity contribution in [2.45, 2.75) is 26.4 Å². The van der Waals surface area contributed by atoms with Gasteiger partial charge in [0, 0.05) is 12.5 Å². The highest BCUT2D eigenvalue weighted by molar-refractivity contribution is 5.70. The van der Waals surface area contributed by atoms with Crippen LogP contribution in [-0.4, -0.2) is 19.7 Å². The highest BCUT2D eigenvalue weighted by Gasteiger charge is 2.09. The van der Waals surface area contributed by atoms with Crippen molar-refractivity contribution in [3.8, 4) is 22.6 Å². The van der Waals surface area contributed by atoms with Gasteiger partial charge in [-0.25, -0.2) is 0 Å².